The Bertz CT molecular complexity index is 630. The monoisotopic (exact) mass is 289 g/mol. The molecule has 0 bridgehead atoms. The van der Waals surface area contributed by atoms with Gasteiger partial charge in [-0.15, -0.1) is 0 Å². The maximum absolute atomic E-state index is 5.40. The van der Waals surface area contributed by atoms with Gasteiger partial charge in [-0.2, -0.15) is 5.10 Å². The van der Waals surface area contributed by atoms with E-state index in [0.29, 0.717) is 22.1 Å². The van der Waals surface area contributed by atoms with E-state index in [2.05, 4.69) is 31.1 Å². The van der Waals surface area contributed by atoms with Gasteiger partial charge in [-0.25, -0.2) is 4.98 Å². The van der Waals surface area contributed by atoms with E-state index >= 15 is 0 Å². The van der Waals surface area contributed by atoms with Crippen LogP contribution in [-0.2, 0) is 0 Å². The lowest BCUT2D eigenvalue weighted by atomic mass is 10.2. The number of furan rings is 1. The van der Waals surface area contributed by atoms with Crippen LogP contribution in [-0.4, -0.2) is 15.2 Å². The molecule has 0 spiro atoms. The number of halogens is 1. The van der Waals surface area contributed by atoms with Crippen LogP contribution in [0.3, 0.4) is 0 Å². The molecule has 2 heterocycles. The zero-order valence-electron chi connectivity index (χ0n) is 8.72. The van der Waals surface area contributed by atoms with Crippen molar-refractivity contribution in [3.63, 3.8) is 0 Å². The molecule has 0 unspecified atom stereocenters. The molecule has 3 rings (SSSR count). The van der Waals surface area contributed by atoms with Gasteiger partial charge in [-0.1, -0.05) is 30.3 Å². The number of rotatable bonds is 2. The average Bonchev–Trinajstić information content (AvgIpc) is 2.98. The van der Waals surface area contributed by atoms with Crippen LogP contribution in [0, 0.1) is 0 Å². The Balaban J connectivity index is 1.99. The van der Waals surface area contributed by atoms with Crippen LogP contribution >= 0.6 is 15.9 Å². The van der Waals surface area contributed by atoms with Crippen LogP contribution in [0.4, 0.5) is 0 Å². The fourth-order valence-corrected chi connectivity index (χ4v) is 1.84. The van der Waals surface area contributed by atoms with Gasteiger partial charge in [0.2, 0.25) is 0 Å². The van der Waals surface area contributed by atoms with Crippen molar-refractivity contribution in [2.24, 2.45) is 0 Å². The summed E-state index contributed by atoms with van der Waals surface area (Å²) in [5, 5.41) is 7.02. The Labute approximate surface area is 106 Å². The van der Waals surface area contributed by atoms with E-state index in [1.54, 1.807) is 0 Å². The molecule has 0 aliphatic carbocycles. The zero-order valence-corrected chi connectivity index (χ0v) is 10.3. The summed E-state index contributed by atoms with van der Waals surface area (Å²) in [7, 11) is 0. The highest BCUT2D eigenvalue weighted by molar-refractivity contribution is 9.10. The van der Waals surface area contributed by atoms with Crippen molar-refractivity contribution < 1.29 is 4.42 Å². The first-order valence-corrected chi connectivity index (χ1v) is 5.86. The number of hydrogen-bond donors (Lipinski definition) is 1. The second kappa shape index (κ2) is 4.18. The summed E-state index contributed by atoms with van der Waals surface area (Å²) in [6, 6.07) is 13.4. The van der Waals surface area contributed by atoms with E-state index < -0.39 is 0 Å². The van der Waals surface area contributed by atoms with Gasteiger partial charge in [-0.05, 0) is 28.1 Å². The molecular formula is C12H8BrN3O. The molecule has 0 fully saturated rings. The third-order valence-electron chi connectivity index (χ3n) is 2.32. The Kier molecular flexibility index (Phi) is 2.53. The van der Waals surface area contributed by atoms with Crippen LogP contribution in [0.15, 0.2) is 51.6 Å². The predicted molar refractivity (Wildman–Crippen MR) is 67.2 cm³/mol. The summed E-state index contributed by atoms with van der Waals surface area (Å²) >= 11 is 3.25. The minimum atomic E-state index is 0.620. The van der Waals surface area contributed by atoms with Gasteiger partial charge in [0, 0.05) is 5.56 Å². The number of nitrogens with zero attached hydrogens (tertiary/aromatic N) is 2. The second-order valence-electron chi connectivity index (χ2n) is 3.48. The molecule has 3 aromatic rings. The largest absolute Gasteiger partial charge is 0.446 e. The standard InChI is InChI=1S/C12H8BrN3O/c13-10-7-6-9(17-10)12-14-11(15-16-12)8-4-2-1-3-5-8/h1-7H,(H,14,15,16). The van der Waals surface area contributed by atoms with Gasteiger partial charge >= 0.3 is 0 Å². The molecule has 0 saturated carbocycles. The van der Waals surface area contributed by atoms with Gasteiger partial charge in [0.15, 0.2) is 22.1 Å². The van der Waals surface area contributed by atoms with Crippen LogP contribution < -0.4 is 0 Å². The minimum absolute atomic E-state index is 0.620. The van der Waals surface area contributed by atoms with E-state index in [1.807, 2.05) is 42.5 Å². The van der Waals surface area contributed by atoms with Crippen LogP contribution in [0.5, 0.6) is 0 Å². The van der Waals surface area contributed by atoms with E-state index in [9.17, 15) is 0 Å². The molecule has 0 radical (unpaired) electrons. The normalized spacial score (nSPS) is 10.6. The van der Waals surface area contributed by atoms with Gasteiger partial charge in [0.05, 0.1) is 0 Å². The molecule has 0 aliphatic rings. The quantitative estimate of drug-likeness (QED) is 0.786. The van der Waals surface area contributed by atoms with Crippen molar-refractivity contribution >= 4 is 15.9 Å². The SMILES string of the molecule is Brc1ccc(-c2nc(-c3ccccc3)n[nH]2)o1. The van der Waals surface area contributed by atoms with Gasteiger partial charge in [0.1, 0.15) is 0 Å². The maximum atomic E-state index is 5.40. The fourth-order valence-electron chi connectivity index (χ4n) is 1.53. The number of nitrogens with one attached hydrogen (secondary N) is 1. The Hall–Kier alpha value is -1.88. The third-order valence-corrected chi connectivity index (χ3v) is 2.75. The van der Waals surface area contributed by atoms with Crippen molar-refractivity contribution in [1.29, 1.82) is 0 Å². The summed E-state index contributed by atoms with van der Waals surface area (Å²) in [5.74, 6) is 1.94. The lowest BCUT2D eigenvalue weighted by Gasteiger charge is -1.91. The van der Waals surface area contributed by atoms with Crippen molar-refractivity contribution in [3.05, 3.63) is 47.1 Å². The lowest BCUT2D eigenvalue weighted by molar-refractivity contribution is 0.551. The molecular weight excluding hydrogens is 282 g/mol. The molecule has 1 N–H and O–H groups in total. The first-order valence-electron chi connectivity index (χ1n) is 5.06. The molecule has 4 nitrogen and oxygen atoms in total. The Morgan fingerprint density at radius 2 is 1.88 bits per heavy atom. The summed E-state index contributed by atoms with van der Waals surface area (Å²) in [5.41, 5.74) is 0.973. The van der Waals surface area contributed by atoms with Crippen molar-refractivity contribution in [3.8, 4) is 23.0 Å². The number of H-pyrrole nitrogens is 1. The van der Waals surface area contributed by atoms with Gasteiger partial charge < -0.3 is 4.42 Å². The number of hydrogen-bond acceptors (Lipinski definition) is 3. The topological polar surface area (TPSA) is 54.7 Å². The van der Waals surface area contributed by atoms with Crippen LogP contribution in [0.1, 0.15) is 0 Å². The summed E-state index contributed by atoms with van der Waals surface area (Å²) < 4.78 is 6.07. The minimum Gasteiger partial charge on any atom is -0.446 e. The van der Waals surface area contributed by atoms with Crippen molar-refractivity contribution in [1.82, 2.24) is 15.2 Å². The Morgan fingerprint density at radius 1 is 1.06 bits per heavy atom. The molecule has 1 aromatic carbocycles. The first-order chi connectivity index (χ1) is 8.33. The van der Waals surface area contributed by atoms with Gasteiger partial charge in [-0.3, -0.25) is 5.10 Å². The molecule has 84 valence electrons. The smallest absolute Gasteiger partial charge is 0.192 e. The van der Waals surface area contributed by atoms with Crippen LogP contribution in [0.25, 0.3) is 23.0 Å². The highest BCUT2D eigenvalue weighted by atomic mass is 79.9. The summed E-state index contributed by atoms with van der Waals surface area (Å²) in [6.45, 7) is 0. The molecule has 0 amide bonds. The highest BCUT2D eigenvalue weighted by Gasteiger charge is 2.10. The molecule has 0 aliphatic heterocycles. The predicted octanol–water partition coefficient (Wildman–Crippen LogP) is 3.49. The van der Waals surface area contributed by atoms with E-state index in [4.69, 9.17) is 4.42 Å². The van der Waals surface area contributed by atoms with E-state index in [0.717, 1.165) is 5.56 Å². The van der Waals surface area contributed by atoms with Crippen molar-refractivity contribution in [2.45, 2.75) is 0 Å². The first kappa shape index (κ1) is 10.3. The average molecular weight is 290 g/mol. The molecule has 0 atom stereocenters. The number of aromatic amines is 1. The van der Waals surface area contributed by atoms with E-state index in [1.165, 1.54) is 0 Å². The van der Waals surface area contributed by atoms with Crippen LogP contribution in [0.2, 0.25) is 0 Å². The second-order valence-corrected chi connectivity index (χ2v) is 4.26. The number of aromatic nitrogens is 3. The molecule has 0 saturated heterocycles. The highest BCUT2D eigenvalue weighted by Crippen LogP contribution is 2.23. The number of benzene rings is 1. The van der Waals surface area contributed by atoms with E-state index in [-0.39, 0.29) is 0 Å². The van der Waals surface area contributed by atoms with Gasteiger partial charge in [0.25, 0.3) is 0 Å². The lowest BCUT2D eigenvalue weighted by Crippen LogP contribution is -1.79. The maximum Gasteiger partial charge on any atom is 0.192 e. The van der Waals surface area contributed by atoms with Crippen molar-refractivity contribution in [2.75, 3.05) is 0 Å². The molecule has 2 aromatic heterocycles. The summed E-state index contributed by atoms with van der Waals surface area (Å²) in [6.07, 6.45) is 0. The Morgan fingerprint density at radius 3 is 2.59 bits per heavy atom. The molecule has 5 heteroatoms. The fraction of sp³-hybridized carbons (Fsp3) is 0. The molecule has 17 heavy (non-hydrogen) atoms. The summed E-state index contributed by atoms with van der Waals surface area (Å²) in [4.78, 5) is 4.38. The third kappa shape index (κ3) is 2.01. The zero-order chi connectivity index (χ0) is 11.7.